The van der Waals surface area contributed by atoms with E-state index in [0.717, 1.165) is 5.56 Å². The Kier molecular flexibility index (Phi) is 2.17. The fourth-order valence-corrected chi connectivity index (χ4v) is 1.34. The molecule has 14 heavy (non-hydrogen) atoms. The van der Waals surface area contributed by atoms with Crippen LogP contribution in [0.4, 0.5) is 4.39 Å². The molecule has 0 saturated heterocycles. The molecule has 1 aliphatic rings. The first-order valence-electron chi connectivity index (χ1n) is 4.31. The second-order valence-electron chi connectivity index (χ2n) is 3.19. The molecular weight excluding hydrogens is 183 g/mol. The minimum absolute atomic E-state index is 0.138. The molecule has 0 aliphatic carbocycles. The van der Waals surface area contributed by atoms with E-state index in [0.29, 0.717) is 0 Å². The molecule has 1 aromatic rings. The third-order valence-electron chi connectivity index (χ3n) is 2.27. The maximum absolute atomic E-state index is 12.7. The van der Waals surface area contributed by atoms with Crippen LogP contribution < -0.4 is 0 Å². The van der Waals surface area contributed by atoms with Crippen LogP contribution in [0.2, 0.25) is 0 Å². The second kappa shape index (κ2) is 3.34. The van der Waals surface area contributed by atoms with Gasteiger partial charge in [-0.2, -0.15) is 5.01 Å². The van der Waals surface area contributed by atoms with Crippen LogP contribution in [0.3, 0.4) is 0 Å². The molecule has 1 unspecified atom stereocenters. The van der Waals surface area contributed by atoms with Gasteiger partial charge in [0.15, 0.2) is 6.17 Å². The van der Waals surface area contributed by atoms with Crippen molar-refractivity contribution in [3.8, 4) is 0 Å². The van der Waals surface area contributed by atoms with Gasteiger partial charge in [0.2, 0.25) is 0 Å². The number of halogens is 1. The average Bonchev–Trinajstić information content (AvgIpc) is 2.50. The predicted octanol–water partition coefficient (Wildman–Crippen LogP) is 1.98. The van der Waals surface area contributed by atoms with E-state index >= 15 is 0 Å². The van der Waals surface area contributed by atoms with Crippen molar-refractivity contribution in [2.24, 2.45) is 10.3 Å². The number of hydrazine groups is 1. The Bertz CT molecular complexity index is 348. The monoisotopic (exact) mass is 194 g/mol. The fourth-order valence-electron chi connectivity index (χ4n) is 1.34. The van der Waals surface area contributed by atoms with Crippen LogP contribution in [0.1, 0.15) is 11.7 Å². The standard InChI is InChI=1S/C9H11FN4/c1-13-9(11-12-14(13)2)7-3-5-8(10)6-4-7/h3-6,9H,1-2H3. The molecule has 1 heterocycles. The molecule has 0 aromatic heterocycles. The van der Waals surface area contributed by atoms with Gasteiger partial charge in [-0.1, -0.05) is 17.4 Å². The Morgan fingerprint density at radius 1 is 1.21 bits per heavy atom. The summed E-state index contributed by atoms with van der Waals surface area (Å²) in [5.74, 6) is -0.236. The first-order chi connectivity index (χ1) is 6.68. The van der Waals surface area contributed by atoms with E-state index in [2.05, 4.69) is 10.3 Å². The molecule has 0 radical (unpaired) electrons. The van der Waals surface area contributed by atoms with Gasteiger partial charge in [0.1, 0.15) is 5.82 Å². The van der Waals surface area contributed by atoms with E-state index in [1.807, 2.05) is 19.1 Å². The number of rotatable bonds is 1. The largest absolute Gasteiger partial charge is 0.210 e. The minimum atomic E-state index is -0.236. The normalized spacial score (nSPS) is 21.9. The highest BCUT2D eigenvalue weighted by Crippen LogP contribution is 2.27. The molecule has 0 bridgehead atoms. The van der Waals surface area contributed by atoms with E-state index in [1.165, 1.54) is 12.1 Å². The third kappa shape index (κ3) is 1.46. The Morgan fingerprint density at radius 2 is 1.86 bits per heavy atom. The third-order valence-corrected chi connectivity index (χ3v) is 2.27. The molecule has 1 atom stereocenters. The van der Waals surface area contributed by atoms with Gasteiger partial charge in [-0.25, -0.2) is 9.51 Å². The van der Waals surface area contributed by atoms with E-state index in [9.17, 15) is 4.39 Å². The summed E-state index contributed by atoms with van der Waals surface area (Å²) in [5.41, 5.74) is 0.932. The lowest BCUT2D eigenvalue weighted by atomic mass is 10.2. The van der Waals surface area contributed by atoms with Crippen LogP contribution in [0, 0.1) is 5.82 Å². The highest BCUT2D eigenvalue weighted by Gasteiger charge is 2.24. The number of hydrogen-bond acceptors (Lipinski definition) is 4. The lowest BCUT2D eigenvalue weighted by Gasteiger charge is -2.21. The molecule has 0 fully saturated rings. The Balaban J connectivity index is 2.24. The first-order valence-corrected chi connectivity index (χ1v) is 4.31. The van der Waals surface area contributed by atoms with E-state index in [1.54, 1.807) is 17.3 Å². The van der Waals surface area contributed by atoms with Gasteiger partial charge in [-0.05, 0) is 17.7 Å². The summed E-state index contributed by atoms with van der Waals surface area (Å²) in [5, 5.41) is 11.5. The number of benzene rings is 1. The summed E-state index contributed by atoms with van der Waals surface area (Å²) in [6.45, 7) is 0. The summed E-state index contributed by atoms with van der Waals surface area (Å²) in [6, 6.07) is 6.29. The zero-order chi connectivity index (χ0) is 10.1. The molecule has 5 heteroatoms. The Labute approximate surface area is 81.6 Å². The summed E-state index contributed by atoms with van der Waals surface area (Å²) in [7, 11) is 3.70. The van der Waals surface area contributed by atoms with Crippen LogP contribution in [0.15, 0.2) is 34.6 Å². The van der Waals surface area contributed by atoms with Crippen LogP contribution in [0.25, 0.3) is 0 Å². The fraction of sp³-hybridized carbons (Fsp3) is 0.333. The van der Waals surface area contributed by atoms with Crippen LogP contribution >= 0.6 is 0 Å². The van der Waals surface area contributed by atoms with Crippen molar-refractivity contribution >= 4 is 0 Å². The van der Waals surface area contributed by atoms with Crippen LogP contribution in [0.5, 0.6) is 0 Å². The van der Waals surface area contributed by atoms with Crippen molar-refractivity contribution in [3.63, 3.8) is 0 Å². The first kappa shape index (κ1) is 9.08. The van der Waals surface area contributed by atoms with Crippen LogP contribution in [-0.2, 0) is 0 Å². The number of hydrogen-bond donors (Lipinski definition) is 0. The van der Waals surface area contributed by atoms with Gasteiger partial charge in [0.25, 0.3) is 0 Å². The quantitative estimate of drug-likeness (QED) is 0.684. The summed E-state index contributed by atoms with van der Waals surface area (Å²) < 4.78 is 12.7. The Morgan fingerprint density at radius 3 is 2.36 bits per heavy atom. The Hall–Kier alpha value is -1.49. The second-order valence-corrected chi connectivity index (χ2v) is 3.19. The van der Waals surface area contributed by atoms with Gasteiger partial charge in [0.05, 0.1) is 0 Å². The zero-order valence-corrected chi connectivity index (χ0v) is 8.05. The molecule has 0 saturated carbocycles. The van der Waals surface area contributed by atoms with Crippen molar-refractivity contribution in [2.75, 3.05) is 14.1 Å². The van der Waals surface area contributed by atoms with E-state index in [4.69, 9.17) is 0 Å². The summed E-state index contributed by atoms with van der Waals surface area (Å²) in [4.78, 5) is 0. The average molecular weight is 194 g/mol. The molecule has 0 N–H and O–H groups in total. The molecular formula is C9H11FN4. The van der Waals surface area contributed by atoms with Gasteiger partial charge in [0, 0.05) is 14.1 Å². The van der Waals surface area contributed by atoms with Gasteiger partial charge in [-0.15, -0.1) is 5.11 Å². The maximum Gasteiger partial charge on any atom is 0.168 e. The highest BCUT2D eigenvalue weighted by molar-refractivity contribution is 5.19. The van der Waals surface area contributed by atoms with Crippen molar-refractivity contribution < 1.29 is 4.39 Å². The molecule has 2 rings (SSSR count). The smallest absolute Gasteiger partial charge is 0.168 e. The number of nitrogens with zero attached hydrogens (tertiary/aromatic N) is 4. The molecule has 1 aromatic carbocycles. The molecule has 0 amide bonds. The molecule has 4 nitrogen and oxygen atoms in total. The lowest BCUT2D eigenvalue weighted by molar-refractivity contribution is 0.0312. The highest BCUT2D eigenvalue weighted by atomic mass is 19.1. The van der Waals surface area contributed by atoms with Crippen molar-refractivity contribution in [1.82, 2.24) is 10.1 Å². The van der Waals surface area contributed by atoms with Crippen molar-refractivity contribution in [2.45, 2.75) is 6.17 Å². The van der Waals surface area contributed by atoms with Gasteiger partial charge < -0.3 is 0 Å². The topological polar surface area (TPSA) is 31.2 Å². The zero-order valence-electron chi connectivity index (χ0n) is 8.05. The lowest BCUT2D eigenvalue weighted by Crippen LogP contribution is -2.29. The van der Waals surface area contributed by atoms with E-state index < -0.39 is 0 Å². The van der Waals surface area contributed by atoms with Crippen LogP contribution in [-0.4, -0.2) is 24.2 Å². The SMILES string of the molecule is CN1N=NC(c2ccc(F)cc2)N1C. The predicted molar refractivity (Wildman–Crippen MR) is 49.5 cm³/mol. The molecule has 74 valence electrons. The van der Waals surface area contributed by atoms with E-state index in [-0.39, 0.29) is 12.0 Å². The minimum Gasteiger partial charge on any atom is -0.210 e. The van der Waals surface area contributed by atoms with Gasteiger partial charge in [-0.3, -0.25) is 0 Å². The summed E-state index contributed by atoms with van der Waals surface area (Å²) in [6.07, 6.45) is -0.138. The van der Waals surface area contributed by atoms with Crippen molar-refractivity contribution in [1.29, 1.82) is 0 Å². The maximum atomic E-state index is 12.7. The molecule has 0 spiro atoms. The molecule has 1 aliphatic heterocycles. The summed E-state index contributed by atoms with van der Waals surface area (Å²) >= 11 is 0. The van der Waals surface area contributed by atoms with Gasteiger partial charge >= 0.3 is 0 Å². The van der Waals surface area contributed by atoms with Crippen molar-refractivity contribution in [3.05, 3.63) is 35.6 Å².